The standard InChI is InChI=1S/C16H12ClFN2O2/c17-13-3-1-2-4-15(13)22-10-16(21)20-14(9-19)11-5-7-12(18)8-6-11/h1-8,14H,10H2,(H,20,21)/t14-/m0/s1. The summed E-state index contributed by atoms with van der Waals surface area (Å²) >= 11 is 5.91. The van der Waals surface area contributed by atoms with Crippen molar-refractivity contribution in [3.8, 4) is 11.8 Å². The van der Waals surface area contributed by atoms with Gasteiger partial charge in [0, 0.05) is 0 Å². The quantitative estimate of drug-likeness (QED) is 0.920. The molecule has 1 atom stereocenters. The minimum Gasteiger partial charge on any atom is -0.482 e. The molecule has 2 aromatic carbocycles. The zero-order chi connectivity index (χ0) is 15.9. The molecule has 0 unspecified atom stereocenters. The first-order chi connectivity index (χ1) is 10.6. The third-order valence-electron chi connectivity index (χ3n) is 2.83. The first-order valence-electron chi connectivity index (χ1n) is 6.42. The molecule has 0 aliphatic rings. The highest BCUT2D eigenvalue weighted by Gasteiger charge is 2.14. The third kappa shape index (κ3) is 4.21. The molecule has 0 saturated heterocycles. The van der Waals surface area contributed by atoms with E-state index in [-0.39, 0.29) is 6.61 Å². The predicted molar refractivity (Wildman–Crippen MR) is 79.8 cm³/mol. The van der Waals surface area contributed by atoms with Gasteiger partial charge < -0.3 is 10.1 Å². The van der Waals surface area contributed by atoms with Crippen LogP contribution in [0.15, 0.2) is 48.5 Å². The van der Waals surface area contributed by atoms with E-state index in [0.29, 0.717) is 16.3 Å². The molecule has 0 bridgehead atoms. The minimum absolute atomic E-state index is 0.275. The van der Waals surface area contributed by atoms with E-state index in [1.165, 1.54) is 24.3 Å². The van der Waals surface area contributed by atoms with Crippen LogP contribution < -0.4 is 10.1 Å². The Morgan fingerprint density at radius 2 is 1.95 bits per heavy atom. The van der Waals surface area contributed by atoms with Gasteiger partial charge in [-0.05, 0) is 29.8 Å². The van der Waals surface area contributed by atoms with Crippen LogP contribution in [0.4, 0.5) is 4.39 Å². The Hall–Kier alpha value is -2.58. The number of amides is 1. The molecule has 112 valence electrons. The van der Waals surface area contributed by atoms with Crippen molar-refractivity contribution in [1.82, 2.24) is 5.32 Å². The molecule has 0 heterocycles. The molecular weight excluding hydrogens is 307 g/mol. The van der Waals surface area contributed by atoms with Crippen LogP contribution in [0.3, 0.4) is 0 Å². The highest BCUT2D eigenvalue weighted by Crippen LogP contribution is 2.22. The number of nitrogens with one attached hydrogen (secondary N) is 1. The van der Waals surface area contributed by atoms with Crippen LogP contribution in [-0.4, -0.2) is 12.5 Å². The van der Waals surface area contributed by atoms with Gasteiger partial charge in [-0.3, -0.25) is 4.79 Å². The number of halogens is 2. The van der Waals surface area contributed by atoms with E-state index in [1.54, 1.807) is 24.3 Å². The molecule has 6 heteroatoms. The van der Waals surface area contributed by atoms with Gasteiger partial charge in [0.15, 0.2) is 6.61 Å². The van der Waals surface area contributed by atoms with Crippen molar-refractivity contribution in [1.29, 1.82) is 5.26 Å². The number of hydrogen-bond donors (Lipinski definition) is 1. The summed E-state index contributed by atoms with van der Waals surface area (Å²) in [5.41, 5.74) is 0.495. The van der Waals surface area contributed by atoms with E-state index < -0.39 is 17.8 Å². The molecule has 2 rings (SSSR count). The van der Waals surface area contributed by atoms with Gasteiger partial charge in [0.05, 0.1) is 11.1 Å². The summed E-state index contributed by atoms with van der Waals surface area (Å²) in [5.74, 6) is -0.501. The largest absolute Gasteiger partial charge is 0.482 e. The second-order valence-electron chi connectivity index (χ2n) is 4.40. The molecule has 1 amide bonds. The van der Waals surface area contributed by atoms with Crippen LogP contribution in [0.2, 0.25) is 5.02 Å². The van der Waals surface area contributed by atoms with Crippen molar-refractivity contribution >= 4 is 17.5 Å². The summed E-state index contributed by atoms with van der Waals surface area (Å²) in [6, 6.07) is 13.2. The lowest BCUT2D eigenvalue weighted by atomic mass is 10.1. The van der Waals surface area contributed by atoms with Crippen LogP contribution >= 0.6 is 11.6 Å². The van der Waals surface area contributed by atoms with Crippen molar-refractivity contribution in [2.24, 2.45) is 0 Å². The average molecular weight is 319 g/mol. The van der Waals surface area contributed by atoms with Gasteiger partial charge in [-0.25, -0.2) is 4.39 Å². The fourth-order valence-corrected chi connectivity index (χ4v) is 1.94. The lowest BCUT2D eigenvalue weighted by Crippen LogP contribution is -2.32. The average Bonchev–Trinajstić information content (AvgIpc) is 2.53. The van der Waals surface area contributed by atoms with Gasteiger partial charge in [-0.2, -0.15) is 5.26 Å². The summed E-state index contributed by atoms with van der Waals surface area (Å²) in [7, 11) is 0. The van der Waals surface area contributed by atoms with Gasteiger partial charge in [0.25, 0.3) is 5.91 Å². The van der Waals surface area contributed by atoms with E-state index >= 15 is 0 Å². The van der Waals surface area contributed by atoms with Gasteiger partial charge >= 0.3 is 0 Å². The summed E-state index contributed by atoms with van der Waals surface area (Å²) in [6.45, 7) is -0.275. The first kappa shape index (κ1) is 15.8. The zero-order valence-electron chi connectivity index (χ0n) is 11.4. The summed E-state index contributed by atoms with van der Waals surface area (Å²) in [5, 5.41) is 12.0. The van der Waals surface area contributed by atoms with Crippen molar-refractivity contribution in [2.45, 2.75) is 6.04 Å². The van der Waals surface area contributed by atoms with Crippen LogP contribution in [0.5, 0.6) is 5.75 Å². The second-order valence-corrected chi connectivity index (χ2v) is 4.81. The maximum atomic E-state index is 12.9. The monoisotopic (exact) mass is 318 g/mol. The Morgan fingerprint density at radius 3 is 2.59 bits per heavy atom. The molecule has 0 aliphatic heterocycles. The molecule has 0 aromatic heterocycles. The van der Waals surface area contributed by atoms with Crippen LogP contribution in [0.25, 0.3) is 0 Å². The highest BCUT2D eigenvalue weighted by atomic mass is 35.5. The van der Waals surface area contributed by atoms with E-state index in [2.05, 4.69) is 5.32 Å². The van der Waals surface area contributed by atoms with E-state index in [0.717, 1.165) is 0 Å². The smallest absolute Gasteiger partial charge is 0.259 e. The normalized spacial score (nSPS) is 11.3. The number of carbonyl (C=O) groups is 1. The van der Waals surface area contributed by atoms with Gasteiger partial charge in [-0.15, -0.1) is 0 Å². The topological polar surface area (TPSA) is 62.1 Å². The maximum Gasteiger partial charge on any atom is 0.259 e. The SMILES string of the molecule is N#C[C@H](NC(=O)COc1ccccc1Cl)c1ccc(F)cc1. The molecule has 0 aliphatic carbocycles. The number of nitriles is 1. The minimum atomic E-state index is -0.872. The molecule has 22 heavy (non-hydrogen) atoms. The van der Waals surface area contributed by atoms with Crippen LogP contribution in [0.1, 0.15) is 11.6 Å². The fraction of sp³-hybridized carbons (Fsp3) is 0.125. The number of hydrogen-bond acceptors (Lipinski definition) is 3. The Kier molecular flexibility index (Phi) is 5.34. The Morgan fingerprint density at radius 1 is 1.27 bits per heavy atom. The summed E-state index contributed by atoms with van der Waals surface area (Å²) in [4.78, 5) is 11.8. The van der Waals surface area contributed by atoms with Crippen molar-refractivity contribution in [2.75, 3.05) is 6.61 Å². The summed E-state index contributed by atoms with van der Waals surface area (Å²) in [6.07, 6.45) is 0. The molecule has 0 fully saturated rings. The van der Waals surface area contributed by atoms with Crippen LogP contribution in [0, 0.1) is 17.1 Å². The Labute approximate surface area is 132 Å². The molecule has 0 spiro atoms. The number of para-hydroxylation sites is 1. The molecule has 0 saturated carbocycles. The zero-order valence-corrected chi connectivity index (χ0v) is 12.2. The molecule has 0 radical (unpaired) electrons. The highest BCUT2D eigenvalue weighted by molar-refractivity contribution is 6.32. The van der Waals surface area contributed by atoms with E-state index in [9.17, 15) is 9.18 Å². The molecule has 2 aromatic rings. The lowest BCUT2D eigenvalue weighted by Gasteiger charge is -2.13. The van der Waals surface area contributed by atoms with Crippen molar-refractivity contribution < 1.29 is 13.9 Å². The van der Waals surface area contributed by atoms with Gasteiger partial charge in [0.1, 0.15) is 17.6 Å². The van der Waals surface area contributed by atoms with E-state index in [1.807, 2.05) is 6.07 Å². The summed E-state index contributed by atoms with van der Waals surface area (Å²) < 4.78 is 18.1. The third-order valence-corrected chi connectivity index (χ3v) is 3.15. The fourth-order valence-electron chi connectivity index (χ4n) is 1.75. The maximum absolute atomic E-state index is 12.9. The number of benzene rings is 2. The number of carbonyl (C=O) groups excluding carboxylic acids is 1. The lowest BCUT2D eigenvalue weighted by molar-refractivity contribution is -0.123. The van der Waals surface area contributed by atoms with E-state index in [4.69, 9.17) is 21.6 Å². The predicted octanol–water partition coefficient (Wildman–Crippen LogP) is 3.24. The molecule has 1 N–H and O–H groups in total. The number of nitrogens with zero attached hydrogens (tertiary/aromatic N) is 1. The van der Waals surface area contributed by atoms with Gasteiger partial charge in [0.2, 0.25) is 0 Å². The number of ether oxygens (including phenoxy) is 1. The Balaban J connectivity index is 1.94. The van der Waals surface area contributed by atoms with Gasteiger partial charge in [-0.1, -0.05) is 35.9 Å². The second kappa shape index (κ2) is 7.43. The van der Waals surface area contributed by atoms with Crippen LogP contribution in [-0.2, 0) is 4.79 Å². The molecular formula is C16H12ClFN2O2. The first-order valence-corrected chi connectivity index (χ1v) is 6.79. The van der Waals surface area contributed by atoms with Crippen molar-refractivity contribution in [3.63, 3.8) is 0 Å². The Bertz CT molecular complexity index is 698. The number of rotatable bonds is 5. The molecule has 4 nitrogen and oxygen atoms in total. The van der Waals surface area contributed by atoms with Crippen molar-refractivity contribution in [3.05, 3.63) is 64.9 Å².